The molecule has 0 aliphatic rings. The molecule has 2 N–H and O–H groups in total. The number of nitrogens with one attached hydrogen (secondary N) is 2. The topological polar surface area (TPSA) is 92.7 Å². The van der Waals surface area contributed by atoms with Gasteiger partial charge in [0.05, 0.1) is 34.6 Å². The third kappa shape index (κ3) is 3.89. The molecule has 29 heavy (non-hydrogen) atoms. The van der Waals surface area contributed by atoms with E-state index in [2.05, 4.69) is 20.4 Å². The molecule has 148 valence electrons. The Morgan fingerprint density at radius 2 is 1.83 bits per heavy atom. The van der Waals surface area contributed by atoms with Crippen molar-refractivity contribution in [1.29, 1.82) is 0 Å². The van der Waals surface area contributed by atoms with Crippen LogP contribution in [0.15, 0.2) is 53.3 Å². The number of amides is 1. The number of H-pyrrole nitrogens is 1. The Labute approximate surface area is 167 Å². The highest BCUT2D eigenvalue weighted by molar-refractivity contribution is 5.88. The smallest absolute Gasteiger partial charge is 0.274 e. The van der Waals surface area contributed by atoms with Crippen LogP contribution in [-0.2, 0) is 17.6 Å². The maximum absolute atomic E-state index is 12.6. The molecule has 0 unspecified atom stereocenters. The van der Waals surface area contributed by atoms with Crippen molar-refractivity contribution in [3.05, 3.63) is 70.4 Å². The summed E-state index contributed by atoms with van der Waals surface area (Å²) in [4.78, 5) is 32.9. The fourth-order valence-electron chi connectivity index (χ4n) is 3.41. The van der Waals surface area contributed by atoms with Crippen molar-refractivity contribution in [2.75, 3.05) is 6.54 Å². The number of aromatic nitrogens is 4. The van der Waals surface area contributed by atoms with E-state index >= 15 is 0 Å². The molecule has 0 radical (unpaired) electrons. The summed E-state index contributed by atoms with van der Waals surface area (Å²) in [5.74, 6) is 0.705. The molecule has 0 aliphatic carbocycles. The molecule has 2 heterocycles. The van der Waals surface area contributed by atoms with Gasteiger partial charge in [0.2, 0.25) is 5.91 Å². The fourth-order valence-corrected chi connectivity index (χ4v) is 3.41. The lowest BCUT2D eigenvalue weighted by atomic mass is 10.1. The maximum atomic E-state index is 12.6. The van der Waals surface area contributed by atoms with Gasteiger partial charge in [-0.1, -0.05) is 30.3 Å². The SMILES string of the molecule is CC(C)n1nc(CC(=O)NCCc2nc3ccccc3[nH]2)c2ccccc2c1=O. The fraction of sp³-hybridized carbons (Fsp3) is 0.273. The first-order valence-electron chi connectivity index (χ1n) is 9.73. The van der Waals surface area contributed by atoms with Crippen LogP contribution in [0.3, 0.4) is 0 Å². The Morgan fingerprint density at radius 1 is 1.10 bits per heavy atom. The van der Waals surface area contributed by atoms with Crippen LogP contribution in [0, 0.1) is 0 Å². The number of benzene rings is 2. The minimum Gasteiger partial charge on any atom is -0.355 e. The first-order valence-corrected chi connectivity index (χ1v) is 9.73. The highest BCUT2D eigenvalue weighted by atomic mass is 16.1. The molecule has 1 amide bonds. The monoisotopic (exact) mass is 389 g/mol. The number of carbonyl (C=O) groups is 1. The van der Waals surface area contributed by atoms with Crippen molar-refractivity contribution in [1.82, 2.24) is 25.1 Å². The molecule has 0 bridgehead atoms. The number of imidazole rings is 1. The van der Waals surface area contributed by atoms with Crippen LogP contribution in [-0.4, -0.2) is 32.2 Å². The minimum atomic E-state index is -0.135. The maximum Gasteiger partial charge on any atom is 0.274 e. The van der Waals surface area contributed by atoms with Gasteiger partial charge in [0, 0.05) is 18.4 Å². The second kappa shape index (κ2) is 7.87. The van der Waals surface area contributed by atoms with Crippen molar-refractivity contribution in [3.8, 4) is 0 Å². The van der Waals surface area contributed by atoms with Gasteiger partial charge in [0.1, 0.15) is 5.82 Å². The van der Waals surface area contributed by atoms with Gasteiger partial charge in [-0.2, -0.15) is 5.10 Å². The van der Waals surface area contributed by atoms with Crippen LogP contribution < -0.4 is 10.9 Å². The lowest BCUT2D eigenvalue weighted by Crippen LogP contribution is -2.30. The lowest BCUT2D eigenvalue weighted by molar-refractivity contribution is -0.120. The summed E-state index contributed by atoms with van der Waals surface area (Å²) in [5, 5.41) is 8.69. The normalized spacial score (nSPS) is 11.4. The quantitative estimate of drug-likeness (QED) is 0.530. The third-order valence-corrected chi connectivity index (χ3v) is 4.84. The Balaban J connectivity index is 1.47. The molecule has 7 nitrogen and oxygen atoms in total. The molecule has 0 atom stereocenters. The van der Waals surface area contributed by atoms with Crippen molar-refractivity contribution in [2.24, 2.45) is 0 Å². The lowest BCUT2D eigenvalue weighted by Gasteiger charge is -2.13. The van der Waals surface area contributed by atoms with Crippen molar-refractivity contribution >= 4 is 27.7 Å². The van der Waals surface area contributed by atoms with E-state index in [9.17, 15) is 9.59 Å². The molecule has 7 heteroatoms. The molecule has 4 aromatic rings. The first kappa shape index (κ1) is 18.9. The van der Waals surface area contributed by atoms with Gasteiger partial charge in [-0.05, 0) is 32.0 Å². The summed E-state index contributed by atoms with van der Waals surface area (Å²) < 4.78 is 1.44. The van der Waals surface area contributed by atoms with Gasteiger partial charge in [-0.3, -0.25) is 9.59 Å². The number of hydrogen-bond donors (Lipinski definition) is 2. The summed E-state index contributed by atoms with van der Waals surface area (Å²) in [6.45, 7) is 4.28. The van der Waals surface area contributed by atoms with Crippen LogP contribution in [0.5, 0.6) is 0 Å². The Morgan fingerprint density at radius 3 is 2.59 bits per heavy atom. The van der Waals surface area contributed by atoms with E-state index in [0.717, 1.165) is 22.2 Å². The van der Waals surface area contributed by atoms with E-state index in [1.807, 2.05) is 56.3 Å². The average Bonchev–Trinajstić information content (AvgIpc) is 3.12. The Kier molecular flexibility index (Phi) is 5.12. The second-order valence-electron chi connectivity index (χ2n) is 7.31. The van der Waals surface area contributed by atoms with E-state index in [1.54, 1.807) is 6.07 Å². The van der Waals surface area contributed by atoms with Crippen molar-refractivity contribution in [3.63, 3.8) is 0 Å². The summed E-state index contributed by atoms with van der Waals surface area (Å²) in [5.41, 5.74) is 2.38. The summed E-state index contributed by atoms with van der Waals surface area (Å²) in [7, 11) is 0. The number of rotatable bonds is 6. The summed E-state index contributed by atoms with van der Waals surface area (Å²) in [6, 6.07) is 15.0. The van der Waals surface area contributed by atoms with Crippen LogP contribution in [0.1, 0.15) is 31.4 Å². The molecular formula is C22H23N5O2. The summed E-state index contributed by atoms with van der Waals surface area (Å²) in [6.07, 6.45) is 0.730. The van der Waals surface area contributed by atoms with Gasteiger partial charge < -0.3 is 10.3 Å². The molecule has 0 saturated heterocycles. The van der Waals surface area contributed by atoms with Crippen LogP contribution in [0.25, 0.3) is 21.8 Å². The number of nitrogens with zero attached hydrogens (tertiary/aromatic N) is 3. The molecule has 0 fully saturated rings. The van der Waals surface area contributed by atoms with E-state index in [4.69, 9.17) is 0 Å². The Hall–Kier alpha value is -3.48. The second-order valence-corrected chi connectivity index (χ2v) is 7.31. The molecular weight excluding hydrogens is 366 g/mol. The molecule has 4 rings (SSSR count). The number of hydrogen-bond acceptors (Lipinski definition) is 4. The number of para-hydroxylation sites is 2. The third-order valence-electron chi connectivity index (χ3n) is 4.84. The standard InChI is InChI=1S/C22H23N5O2/c1-14(2)27-22(29)16-8-4-3-7-15(16)19(26-27)13-21(28)23-12-11-20-24-17-9-5-6-10-18(17)25-20/h3-10,14H,11-13H2,1-2H3,(H,23,28)(H,24,25). The highest BCUT2D eigenvalue weighted by Crippen LogP contribution is 2.15. The summed E-state index contributed by atoms with van der Waals surface area (Å²) >= 11 is 0. The van der Waals surface area contributed by atoms with Gasteiger partial charge >= 0.3 is 0 Å². The molecule has 0 spiro atoms. The van der Waals surface area contributed by atoms with E-state index < -0.39 is 0 Å². The predicted molar refractivity (Wildman–Crippen MR) is 113 cm³/mol. The largest absolute Gasteiger partial charge is 0.355 e. The molecule has 2 aromatic heterocycles. The number of aromatic amines is 1. The van der Waals surface area contributed by atoms with Gasteiger partial charge in [0.25, 0.3) is 5.56 Å². The van der Waals surface area contributed by atoms with Gasteiger partial charge in [-0.15, -0.1) is 0 Å². The Bertz CT molecular complexity index is 1210. The molecule has 0 aliphatic heterocycles. The number of fused-ring (bicyclic) bond motifs is 2. The van der Waals surface area contributed by atoms with Crippen molar-refractivity contribution < 1.29 is 4.79 Å². The predicted octanol–water partition coefficient (Wildman–Crippen LogP) is 2.76. The number of carbonyl (C=O) groups excluding carboxylic acids is 1. The van der Waals surface area contributed by atoms with Crippen LogP contribution in [0.4, 0.5) is 0 Å². The zero-order valence-corrected chi connectivity index (χ0v) is 16.5. The van der Waals surface area contributed by atoms with Crippen molar-refractivity contribution in [2.45, 2.75) is 32.7 Å². The van der Waals surface area contributed by atoms with Gasteiger partial charge in [-0.25, -0.2) is 9.67 Å². The van der Waals surface area contributed by atoms with Crippen LogP contribution in [0.2, 0.25) is 0 Å². The zero-order chi connectivity index (χ0) is 20.4. The van der Waals surface area contributed by atoms with Gasteiger partial charge in [0.15, 0.2) is 0 Å². The van der Waals surface area contributed by atoms with E-state index in [0.29, 0.717) is 24.0 Å². The molecule has 0 saturated carbocycles. The molecule has 2 aromatic carbocycles. The van der Waals surface area contributed by atoms with Crippen LogP contribution >= 0.6 is 0 Å². The van der Waals surface area contributed by atoms with E-state index in [-0.39, 0.29) is 23.9 Å². The first-order chi connectivity index (χ1) is 14.0. The highest BCUT2D eigenvalue weighted by Gasteiger charge is 2.15. The minimum absolute atomic E-state index is 0.0815. The average molecular weight is 389 g/mol. The van der Waals surface area contributed by atoms with E-state index in [1.165, 1.54) is 4.68 Å². The zero-order valence-electron chi connectivity index (χ0n) is 16.5.